The van der Waals surface area contributed by atoms with Gasteiger partial charge >= 0.3 is 0 Å². The average Bonchev–Trinajstić information content (AvgIpc) is 3.00. The molecule has 3 N–H and O–H groups in total. The van der Waals surface area contributed by atoms with Gasteiger partial charge in [0, 0.05) is 37.0 Å². The van der Waals surface area contributed by atoms with Crippen molar-refractivity contribution in [1.82, 2.24) is 9.36 Å². The number of amidine groups is 1. The van der Waals surface area contributed by atoms with Gasteiger partial charge in [-0.25, -0.2) is 4.98 Å². The molecule has 1 aliphatic rings. The number of hydrogen-bond donors (Lipinski definition) is 2. The molecule has 1 aliphatic carbocycles. The monoisotopic (exact) mass is 253 g/mol. The van der Waals surface area contributed by atoms with Gasteiger partial charge in [-0.3, -0.25) is 5.41 Å². The van der Waals surface area contributed by atoms with Gasteiger partial charge in [0.15, 0.2) is 0 Å². The Kier molecular flexibility index (Phi) is 3.93. The van der Waals surface area contributed by atoms with Crippen LogP contribution in [-0.4, -0.2) is 27.8 Å². The maximum Gasteiger partial charge on any atom is 0.205 e. The molecule has 0 radical (unpaired) electrons. The summed E-state index contributed by atoms with van der Waals surface area (Å²) in [4.78, 5) is 6.82. The van der Waals surface area contributed by atoms with Crippen LogP contribution in [0.2, 0.25) is 0 Å². The van der Waals surface area contributed by atoms with E-state index in [0.717, 1.165) is 30.3 Å². The number of aryl methyl sites for hydroxylation is 1. The van der Waals surface area contributed by atoms with Crippen molar-refractivity contribution in [2.75, 3.05) is 11.4 Å². The maximum absolute atomic E-state index is 7.30. The van der Waals surface area contributed by atoms with Gasteiger partial charge in [0.25, 0.3) is 0 Å². The van der Waals surface area contributed by atoms with Crippen molar-refractivity contribution in [2.24, 2.45) is 5.73 Å². The molecular formula is C11H19N5S. The first-order chi connectivity index (χ1) is 8.20. The summed E-state index contributed by atoms with van der Waals surface area (Å²) in [7, 11) is 0. The molecule has 0 saturated heterocycles. The summed E-state index contributed by atoms with van der Waals surface area (Å²) in [6.45, 7) is 2.93. The molecule has 0 aliphatic heterocycles. The zero-order chi connectivity index (χ0) is 12.3. The third-order valence-electron chi connectivity index (χ3n) is 2.79. The minimum absolute atomic E-state index is 0.244. The Morgan fingerprint density at radius 1 is 1.59 bits per heavy atom. The van der Waals surface area contributed by atoms with Gasteiger partial charge in [0.1, 0.15) is 5.82 Å². The van der Waals surface area contributed by atoms with Crippen LogP contribution in [0.5, 0.6) is 0 Å². The van der Waals surface area contributed by atoms with Crippen molar-refractivity contribution in [2.45, 2.75) is 45.1 Å². The van der Waals surface area contributed by atoms with Gasteiger partial charge in [-0.2, -0.15) is 4.37 Å². The Bertz CT molecular complexity index is 385. The quantitative estimate of drug-likeness (QED) is 0.573. The largest absolute Gasteiger partial charge is 0.388 e. The number of nitrogens with one attached hydrogen (secondary N) is 1. The Labute approximate surface area is 106 Å². The molecule has 17 heavy (non-hydrogen) atoms. The van der Waals surface area contributed by atoms with Crippen LogP contribution < -0.4 is 10.6 Å². The number of hydrogen-bond acceptors (Lipinski definition) is 5. The molecule has 1 heterocycles. The first-order valence-corrected chi connectivity index (χ1v) is 6.90. The first kappa shape index (κ1) is 12.3. The van der Waals surface area contributed by atoms with Crippen LogP contribution >= 0.6 is 11.5 Å². The van der Waals surface area contributed by atoms with Crippen molar-refractivity contribution in [3.05, 3.63) is 5.82 Å². The number of rotatable bonds is 7. The highest BCUT2D eigenvalue weighted by Crippen LogP contribution is 2.32. The van der Waals surface area contributed by atoms with Crippen molar-refractivity contribution in [1.29, 1.82) is 5.41 Å². The summed E-state index contributed by atoms with van der Waals surface area (Å²) < 4.78 is 4.37. The lowest BCUT2D eigenvalue weighted by atomic mass is 10.3. The van der Waals surface area contributed by atoms with Crippen LogP contribution in [0.4, 0.5) is 5.13 Å². The molecule has 1 aromatic heterocycles. The average molecular weight is 253 g/mol. The molecule has 0 spiro atoms. The molecule has 94 valence electrons. The van der Waals surface area contributed by atoms with Crippen molar-refractivity contribution in [3.8, 4) is 0 Å². The minimum Gasteiger partial charge on any atom is -0.388 e. The summed E-state index contributed by atoms with van der Waals surface area (Å²) in [6, 6.07) is 0.594. The summed E-state index contributed by atoms with van der Waals surface area (Å²) in [5.41, 5.74) is 5.42. The fourth-order valence-corrected chi connectivity index (χ4v) is 2.56. The predicted molar refractivity (Wildman–Crippen MR) is 70.8 cm³/mol. The number of nitrogens with two attached hydrogens (primary N) is 1. The van der Waals surface area contributed by atoms with Gasteiger partial charge in [0.2, 0.25) is 5.13 Å². The third kappa shape index (κ3) is 3.39. The zero-order valence-corrected chi connectivity index (χ0v) is 11.0. The number of aromatic nitrogens is 2. The van der Waals surface area contributed by atoms with E-state index in [2.05, 4.69) is 21.2 Å². The molecule has 0 aromatic carbocycles. The molecule has 1 aromatic rings. The van der Waals surface area contributed by atoms with Gasteiger partial charge in [-0.05, 0) is 19.3 Å². The second-order valence-electron chi connectivity index (χ2n) is 4.44. The Balaban J connectivity index is 2.00. The molecule has 5 nitrogen and oxygen atoms in total. The van der Waals surface area contributed by atoms with Crippen LogP contribution in [0.15, 0.2) is 0 Å². The van der Waals surface area contributed by atoms with Crippen LogP contribution in [0.1, 0.15) is 38.4 Å². The van der Waals surface area contributed by atoms with Crippen molar-refractivity contribution < 1.29 is 0 Å². The Morgan fingerprint density at radius 2 is 2.35 bits per heavy atom. The molecule has 2 rings (SSSR count). The van der Waals surface area contributed by atoms with E-state index in [1.165, 1.54) is 24.4 Å². The van der Waals surface area contributed by atoms with E-state index in [0.29, 0.717) is 12.5 Å². The van der Waals surface area contributed by atoms with E-state index in [-0.39, 0.29) is 5.84 Å². The Morgan fingerprint density at radius 3 is 2.94 bits per heavy atom. The van der Waals surface area contributed by atoms with Gasteiger partial charge in [0.05, 0.1) is 5.84 Å². The van der Waals surface area contributed by atoms with E-state index in [1.807, 2.05) is 0 Å². The third-order valence-corrected chi connectivity index (χ3v) is 3.58. The lowest BCUT2D eigenvalue weighted by Gasteiger charge is -2.20. The molecule has 0 amide bonds. The van der Waals surface area contributed by atoms with Crippen molar-refractivity contribution >= 4 is 22.5 Å². The van der Waals surface area contributed by atoms with Gasteiger partial charge < -0.3 is 10.6 Å². The maximum atomic E-state index is 7.30. The molecule has 0 unspecified atom stereocenters. The van der Waals surface area contributed by atoms with E-state index in [9.17, 15) is 0 Å². The molecule has 6 heteroatoms. The van der Waals surface area contributed by atoms with Gasteiger partial charge in [-0.1, -0.05) is 6.92 Å². The molecule has 1 fully saturated rings. The lowest BCUT2D eigenvalue weighted by molar-refractivity contribution is 0.783. The van der Waals surface area contributed by atoms with Crippen LogP contribution in [0, 0.1) is 5.41 Å². The van der Waals surface area contributed by atoms with Crippen LogP contribution in [0.25, 0.3) is 0 Å². The second-order valence-corrected chi connectivity index (χ2v) is 5.17. The van der Waals surface area contributed by atoms with E-state index in [1.54, 1.807) is 0 Å². The highest BCUT2D eigenvalue weighted by Gasteiger charge is 2.31. The lowest BCUT2D eigenvalue weighted by Crippen LogP contribution is -2.29. The SMILES string of the molecule is CCCc1nsc(N(CCC(=N)N)C2CC2)n1. The van der Waals surface area contributed by atoms with Gasteiger partial charge in [-0.15, -0.1) is 0 Å². The molecular weight excluding hydrogens is 234 g/mol. The highest BCUT2D eigenvalue weighted by molar-refractivity contribution is 7.09. The number of anilines is 1. The minimum atomic E-state index is 0.244. The van der Waals surface area contributed by atoms with E-state index in [4.69, 9.17) is 11.1 Å². The topological polar surface area (TPSA) is 78.9 Å². The molecule has 0 bridgehead atoms. The Hall–Kier alpha value is -1.17. The highest BCUT2D eigenvalue weighted by atomic mass is 32.1. The summed E-state index contributed by atoms with van der Waals surface area (Å²) >= 11 is 1.47. The normalized spacial score (nSPS) is 14.9. The molecule has 1 saturated carbocycles. The summed E-state index contributed by atoms with van der Waals surface area (Å²) in [5.74, 6) is 1.19. The van der Waals surface area contributed by atoms with E-state index >= 15 is 0 Å². The van der Waals surface area contributed by atoms with Crippen LogP contribution in [0.3, 0.4) is 0 Å². The van der Waals surface area contributed by atoms with Crippen LogP contribution in [-0.2, 0) is 6.42 Å². The smallest absolute Gasteiger partial charge is 0.205 e. The second kappa shape index (κ2) is 5.44. The number of nitrogens with zero attached hydrogens (tertiary/aromatic N) is 3. The summed E-state index contributed by atoms with van der Waals surface area (Å²) in [6.07, 6.45) is 5.08. The predicted octanol–water partition coefficient (Wildman–Crippen LogP) is 1.79. The van der Waals surface area contributed by atoms with E-state index < -0.39 is 0 Å². The standard InChI is InChI=1S/C11H19N5S/c1-2-3-10-14-11(17-15-10)16(8-4-5-8)7-6-9(12)13/h8H,2-7H2,1H3,(H3,12,13). The zero-order valence-electron chi connectivity index (χ0n) is 10.1. The fraction of sp³-hybridized carbons (Fsp3) is 0.727. The first-order valence-electron chi connectivity index (χ1n) is 6.12. The summed E-state index contributed by atoms with van der Waals surface area (Å²) in [5, 5.41) is 8.30. The van der Waals surface area contributed by atoms with Crippen molar-refractivity contribution in [3.63, 3.8) is 0 Å². The molecule has 0 atom stereocenters. The fourth-order valence-electron chi connectivity index (χ4n) is 1.75.